The van der Waals surface area contributed by atoms with E-state index in [-0.39, 0.29) is 6.04 Å². The van der Waals surface area contributed by atoms with E-state index in [0.717, 1.165) is 6.42 Å². The Labute approximate surface area is 68.3 Å². The molecule has 1 fully saturated rings. The van der Waals surface area contributed by atoms with E-state index in [9.17, 15) is 8.42 Å². The third kappa shape index (κ3) is 2.17. The van der Waals surface area contributed by atoms with Crippen LogP contribution in [0.3, 0.4) is 0 Å². The van der Waals surface area contributed by atoms with Gasteiger partial charge in [0.1, 0.15) is 0 Å². The molecule has 0 spiro atoms. The molecule has 11 heavy (non-hydrogen) atoms. The fourth-order valence-corrected chi connectivity index (χ4v) is 3.21. The summed E-state index contributed by atoms with van der Waals surface area (Å²) in [6.45, 7) is 2.73. The molecule has 0 N–H and O–H groups in total. The second-order valence-corrected chi connectivity index (χ2v) is 5.39. The lowest BCUT2D eigenvalue weighted by Gasteiger charge is -2.31. The Hall–Kier alpha value is -0.0900. The SMILES string of the molecule is CCC1CS(=O)(=O)CCN1C. The molecule has 4 heteroatoms. The maximum absolute atomic E-state index is 11.1. The maximum Gasteiger partial charge on any atom is 0.153 e. The third-order valence-electron chi connectivity index (χ3n) is 2.30. The largest absolute Gasteiger partial charge is 0.301 e. The summed E-state index contributed by atoms with van der Waals surface area (Å²) in [5, 5.41) is 0. The zero-order valence-electron chi connectivity index (χ0n) is 7.08. The van der Waals surface area contributed by atoms with Crippen LogP contribution in [0.2, 0.25) is 0 Å². The van der Waals surface area contributed by atoms with E-state index in [2.05, 4.69) is 4.90 Å². The van der Waals surface area contributed by atoms with Crippen LogP contribution in [0.4, 0.5) is 0 Å². The van der Waals surface area contributed by atoms with E-state index in [1.165, 1.54) is 0 Å². The Bertz CT molecular complexity index is 223. The quantitative estimate of drug-likeness (QED) is 0.571. The van der Waals surface area contributed by atoms with Crippen molar-refractivity contribution in [2.24, 2.45) is 0 Å². The maximum atomic E-state index is 11.1. The highest BCUT2D eigenvalue weighted by Crippen LogP contribution is 2.11. The van der Waals surface area contributed by atoms with Crippen molar-refractivity contribution in [3.63, 3.8) is 0 Å². The number of sulfone groups is 1. The first-order chi connectivity index (χ1) is 5.05. The second kappa shape index (κ2) is 3.11. The Morgan fingerprint density at radius 1 is 1.55 bits per heavy atom. The molecule has 3 nitrogen and oxygen atoms in total. The standard InChI is InChI=1S/C7H15NO2S/c1-3-7-6-11(9,10)5-4-8(7)2/h7H,3-6H2,1-2H3. The Morgan fingerprint density at radius 2 is 2.18 bits per heavy atom. The van der Waals surface area contributed by atoms with Crippen LogP contribution in [0.15, 0.2) is 0 Å². The average molecular weight is 177 g/mol. The Morgan fingerprint density at radius 3 is 2.64 bits per heavy atom. The fourth-order valence-electron chi connectivity index (χ4n) is 1.40. The van der Waals surface area contributed by atoms with Crippen molar-refractivity contribution < 1.29 is 8.42 Å². The molecule has 0 saturated carbocycles. The van der Waals surface area contributed by atoms with Gasteiger partial charge in [-0.1, -0.05) is 6.92 Å². The van der Waals surface area contributed by atoms with E-state index in [1.54, 1.807) is 0 Å². The number of nitrogens with zero attached hydrogens (tertiary/aromatic N) is 1. The molecule has 1 heterocycles. The summed E-state index contributed by atoms with van der Waals surface area (Å²) in [5.74, 6) is 0.681. The highest BCUT2D eigenvalue weighted by molar-refractivity contribution is 7.91. The first kappa shape index (κ1) is 9.00. The van der Waals surface area contributed by atoms with Crippen LogP contribution in [0.5, 0.6) is 0 Å². The lowest BCUT2D eigenvalue weighted by molar-refractivity contribution is 0.256. The minimum Gasteiger partial charge on any atom is -0.301 e. The fraction of sp³-hybridized carbons (Fsp3) is 1.00. The first-order valence-electron chi connectivity index (χ1n) is 3.96. The van der Waals surface area contributed by atoms with Crippen molar-refractivity contribution in [3.05, 3.63) is 0 Å². The number of hydrogen-bond acceptors (Lipinski definition) is 3. The van der Waals surface area contributed by atoms with Gasteiger partial charge in [0.15, 0.2) is 9.84 Å². The minimum atomic E-state index is -2.72. The topological polar surface area (TPSA) is 37.4 Å². The smallest absolute Gasteiger partial charge is 0.153 e. The molecule has 0 aromatic carbocycles. The summed E-state index contributed by atoms with van der Waals surface area (Å²) in [5.41, 5.74) is 0. The van der Waals surface area contributed by atoms with Gasteiger partial charge in [0.05, 0.1) is 11.5 Å². The zero-order valence-corrected chi connectivity index (χ0v) is 7.89. The van der Waals surface area contributed by atoms with Gasteiger partial charge in [0, 0.05) is 12.6 Å². The molecule has 1 saturated heterocycles. The van der Waals surface area contributed by atoms with E-state index >= 15 is 0 Å². The van der Waals surface area contributed by atoms with Gasteiger partial charge in [-0.15, -0.1) is 0 Å². The Kier molecular flexibility index (Phi) is 2.54. The predicted molar refractivity (Wildman–Crippen MR) is 45.4 cm³/mol. The van der Waals surface area contributed by atoms with Crippen LogP contribution in [0.25, 0.3) is 0 Å². The molecule has 0 bridgehead atoms. The summed E-state index contributed by atoms with van der Waals surface area (Å²) >= 11 is 0. The van der Waals surface area contributed by atoms with Gasteiger partial charge in [0.25, 0.3) is 0 Å². The highest BCUT2D eigenvalue weighted by atomic mass is 32.2. The molecule has 0 aliphatic carbocycles. The van der Waals surface area contributed by atoms with Gasteiger partial charge >= 0.3 is 0 Å². The normalized spacial score (nSPS) is 32.0. The van der Waals surface area contributed by atoms with E-state index in [4.69, 9.17) is 0 Å². The molecule has 1 rings (SSSR count). The van der Waals surface area contributed by atoms with E-state index in [0.29, 0.717) is 18.1 Å². The van der Waals surface area contributed by atoms with Crippen molar-refractivity contribution in [3.8, 4) is 0 Å². The van der Waals surface area contributed by atoms with Crippen LogP contribution >= 0.6 is 0 Å². The van der Waals surface area contributed by atoms with Crippen molar-refractivity contribution in [1.82, 2.24) is 4.90 Å². The van der Waals surface area contributed by atoms with Crippen LogP contribution in [-0.4, -0.2) is 44.5 Å². The minimum absolute atomic E-state index is 0.244. The molecule has 1 unspecified atom stereocenters. The van der Waals surface area contributed by atoms with Crippen LogP contribution in [0.1, 0.15) is 13.3 Å². The van der Waals surface area contributed by atoms with Crippen LogP contribution in [-0.2, 0) is 9.84 Å². The molecule has 0 radical (unpaired) electrons. The monoisotopic (exact) mass is 177 g/mol. The summed E-state index contributed by atoms with van der Waals surface area (Å²) < 4.78 is 22.3. The van der Waals surface area contributed by atoms with Gasteiger partial charge in [-0.2, -0.15) is 0 Å². The summed E-state index contributed by atoms with van der Waals surface area (Å²) in [6.07, 6.45) is 0.926. The predicted octanol–water partition coefficient (Wildman–Crippen LogP) is 0.125. The molecule has 1 atom stereocenters. The lowest BCUT2D eigenvalue weighted by atomic mass is 10.2. The lowest BCUT2D eigenvalue weighted by Crippen LogP contribution is -2.45. The number of hydrogen-bond donors (Lipinski definition) is 0. The summed E-state index contributed by atoms with van der Waals surface area (Å²) in [7, 11) is -0.730. The van der Waals surface area contributed by atoms with Gasteiger partial charge in [-0.05, 0) is 13.5 Å². The molecular formula is C7H15NO2S. The molecule has 1 aliphatic heterocycles. The molecule has 1 aliphatic rings. The van der Waals surface area contributed by atoms with Gasteiger partial charge in [-0.3, -0.25) is 0 Å². The van der Waals surface area contributed by atoms with E-state index < -0.39 is 9.84 Å². The van der Waals surface area contributed by atoms with Crippen LogP contribution < -0.4 is 0 Å². The third-order valence-corrected chi connectivity index (χ3v) is 3.99. The molecular weight excluding hydrogens is 162 g/mol. The number of rotatable bonds is 1. The Balaban J connectivity index is 2.66. The average Bonchev–Trinajstić information content (AvgIpc) is 1.94. The first-order valence-corrected chi connectivity index (χ1v) is 5.78. The van der Waals surface area contributed by atoms with Gasteiger partial charge < -0.3 is 4.90 Å². The van der Waals surface area contributed by atoms with Crippen molar-refractivity contribution >= 4 is 9.84 Å². The van der Waals surface area contributed by atoms with E-state index in [1.807, 2.05) is 14.0 Å². The zero-order chi connectivity index (χ0) is 8.48. The van der Waals surface area contributed by atoms with Crippen molar-refractivity contribution in [1.29, 1.82) is 0 Å². The summed E-state index contributed by atoms with van der Waals surface area (Å²) in [6, 6.07) is 0.244. The molecule has 0 aromatic rings. The molecule has 66 valence electrons. The highest BCUT2D eigenvalue weighted by Gasteiger charge is 2.26. The van der Waals surface area contributed by atoms with Crippen LogP contribution in [0, 0.1) is 0 Å². The molecule has 0 aromatic heterocycles. The van der Waals surface area contributed by atoms with Crippen molar-refractivity contribution in [2.45, 2.75) is 19.4 Å². The van der Waals surface area contributed by atoms with Gasteiger partial charge in [0.2, 0.25) is 0 Å². The molecule has 0 amide bonds. The van der Waals surface area contributed by atoms with Crippen molar-refractivity contribution in [2.75, 3.05) is 25.1 Å². The summed E-state index contributed by atoms with van der Waals surface area (Å²) in [4.78, 5) is 2.13. The van der Waals surface area contributed by atoms with Gasteiger partial charge in [-0.25, -0.2) is 8.42 Å². The second-order valence-electron chi connectivity index (χ2n) is 3.16.